The summed E-state index contributed by atoms with van der Waals surface area (Å²) in [6, 6.07) is 17.3. The van der Waals surface area contributed by atoms with Gasteiger partial charge in [-0.2, -0.15) is 5.10 Å². The van der Waals surface area contributed by atoms with Crippen LogP contribution in [0.5, 0.6) is 0 Å². The molecule has 0 fully saturated rings. The summed E-state index contributed by atoms with van der Waals surface area (Å²) in [6.07, 6.45) is 8.65. The van der Waals surface area contributed by atoms with Crippen LogP contribution in [-0.4, -0.2) is 29.7 Å². The molecule has 0 spiro atoms. The van der Waals surface area contributed by atoms with Crippen LogP contribution in [0.4, 0.5) is 5.69 Å². The molecular weight excluding hydrogens is 440 g/mol. The van der Waals surface area contributed by atoms with Crippen molar-refractivity contribution in [1.82, 2.24) is 10.4 Å². The maximum Gasteiger partial charge on any atom is 0.337 e. The van der Waals surface area contributed by atoms with Crippen molar-refractivity contribution in [3.63, 3.8) is 0 Å². The number of carbonyl (C=O) groups excluding carboxylic acids is 2. The fraction of sp³-hybridized carbons (Fsp3) is 0.214. The average Bonchev–Trinajstić information content (AvgIpc) is 3.41. The zero-order valence-electron chi connectivity index (χ0n) is 19.6. The van der Waals surface area contributed by atoms with E-state index in [9.17, 15) is 9.59 Å². The molecule has 2 N–H and O–H groups in total. The molecule has 0 bridgehead atoms. The van der Waals surface area contributed by atoms with Gasteiger partial charge in [-0.3, -0.25) is 9.78 Å². The van der Waals surface area contributed by atoms with Crippen LogP contribution in [-0.2, 0) is 4.74 Å². The first-order chi connectivity index (χ1) is 17.0. The molecule has 5 rings (SSSR count). The van der Waals surface area contributed by atoms with Crippen LogP contribution in [0, 0.1) is 5.92 Å². The number of amides is 1. The fourth-order valence-corrected chi connectivity index (χ4v) is 4.86. The third-order valence-corrected chi connectivity index (χ3v) is 6.74. The second kappa shape index (κ2) is 9.54. The van der Waals surface area contributed by atoms with Gasteiger partial charge >= 0.3 is 5.97 Å². The summed E-state index contributed by atoms with van der Waals surface area (Å²) in [5.41, 5.74) is 8.82. The Morgan fingerprint density at radius 1 is 1.03 bits per heavy atom. The SMILES string of the molecule is COC(=O)c1ccc([C@@H]2Nc3ccc(/C(C)=N\NC(=O)c4ccncc4)cc3[C@@H]3C=CC[C@@H]32)cc1. The molecule has 3 atom stereocenters. The number of ether oxygens (including phenoxy) is 1. The molecule has 0 unspecified atom stereocenters. The van der Waals surface area contributed by atoms with E-state index >= 15 is 0 Å². The highest BCUT2D eigenvalue weighted by Gasteiger charge is 2.38. The molecule has 176 valence electrons. The van der Waals surface area contributed by atoms with Crippen molar-refractivity contribution >= 4 is 23.3 Å². The number of esters is 1. The van der Waals surface area contributed by atoms with Crippen molar-refractivity contribution in [1.29, 1.82) is 0 Å². The van der Waals surface area contributed by atoms with Gasteiger partial charge in [0.15, 0.2) is 0 Å². The van der Waals surface area contributed by atoms with Crippen molar-refractivity contribution < 1.29 is 14.3 Å². The van der Waals surface area contributed by atoms with E-state index < -0.39 is 0 Å². The van der Waals surface area contributed by atoms with E-state index in [1.165, 1.54) is 12.7 Å². The van der Waals surface area contributed by atoms with Gasteiger partial charge in [-0.25, -0.2) is 10.2 Å². The van der Waals surface area contributed by atoms with Crippen molar-refractivity contribution in [2.75, 3.05) is 12.4 Å². The largest absolute Gasteiger partial charge is 0.465 e. The summed E-state index contributed by atoms with van der Waals surface area (Å²) in [6.45, 7) is 1.89. The molecule has 2 aromatic carbocycles. The van der Waals surface area contributed by atoms with E-state index in [1.54, 1.807) is 24.5 Å². The van der Waals surface area contributed by atoms with Gasteiger partial charge in [0.2, 0.25) is 0 Å². The van der Waals surface area contributed by atoms with Crippen LogP contribution < -0.4 is 10.7 Å². The van der Waals surface area contributed by atoms with Gasteiger partial charge in [-0.1, -0.05) is 30.4 Å². The predicted molar refractivity (Wildman–Crippen MR) is 134 cm³/mol. The highest BCUT2D eigenvalue weighted by atomic mass is 16.5. The maximum atomic E-state index is 12.3. The average molecular weight is 467 g/mol. The Morgan fingerprint density at radius 3 is 2.51 bits per heavy atom. The number of methoxy groups -OCH3 is 1. The number of hydrogen-bond acceptors (Lipinski definition) is 6. The number of carbonyl (C=O) groups is 2. The number of hydrazone groups is 1. The van der Waals surface area contributed by atoms with Crippen LogP contribution in [0.25, 0.3) is 0 Å². The fourth-order valence-electron chi connectivity index (χ4n) is 4.86. The lowest BCUT2D eigenvalue weighted by atomic mass is 9.76. The molecule has 7 heteroatoms. The van der Waals surface area contributed by atoms with Gasteiger partial charge in [0.1, 0.15) is 0 Å². The highest BCUT2D eigenvalue weighted by Crippen LogP contribution is 2.50. The van der Waals surface area contributed by atoms with E-state index in [4.69, 9.17) is 4.74 Å². The van der Waals surface area contributed by atoms with Crippen LogP contribution >= 0.6 is 0 Å². The number of allylic oxidation sites excluding steroid dienone is 2. The molecule has 1 aliphatic carbocycles. The summed E-state index contributed by atoms with van der Waals surface area (Å²) in [4.78, 5) is 28.1. The molecule has 0 saturated carbocycles. The molecule has 1 amide bonds. The van der Waals surface area contributed by atoms with Crippen molar-refractivity contribution in [2.24, 2.45) is 11.0 Å². The van der Waals surface area contributed by atoms with E-state index in [0.717, 1.165) is 28.9 Å². The van der Waals surface area contributed by atoms with Crippen LogP contribution in [0.3, 0.4) is 0 Å². The third-order valence-electron chi connectivity index (χ3n) is 6.74. The Kier molecular flexibility index (Phi) is 6.14. The Bertz CT molecular complexity index is 1320. The maximum absolute atomic E-state index is 12.3. The highest BCUT2D eigenvalue weighted by molar-refractivity contribution is 6.01. The first-order valence-electron chi connectivity index (χ1n) is 11.6. The second-order valence-corrected chi connectivity index (χ2v) is 8.77. The minimum Gasteiger partial charge on any atom is -0.465 e. The second-order valence-electron chi connectivity index (χ2n) is 8.77. The number of nitrogens with zero attached hydrogens (tertiary/aromatic N) is 2. The Hall–Kier alpha value is -4.26. The monoisotopic (exact) mass is 466 g/mol. The molecule has 2 aliphatic rings. The van der Waals surface area contributed by atoms with Gasteiger partial charge in [0.05, 0.1) is 24.4 Å². The topological polar surface area (TPSA) is 92.7 Å². The summed E-state index contributed by atoms with van der Waals surface area (Å²) >= 11 is 0. The van der Waals surface area contributed by atoms with Gasteiger partial charge in [0.25, 0.3) is 5.91 Å². The summed E-state index contributed by atoms with van der Waals surface area (Å²) < 4.78 is 4.82. The number of fused-ring (bicyclic) bond motifs is 3. The van der Waals surface area contributed by atoms with E-state index in [-0.39, 0.29) is 23.8 Å². The molecular formula is C28H26N4O3. The summed E-state index contributed by atoms with van der Waals surface area (Å²) in [5, 5.41) is 8.03. The van der Waals surface area contributed by atoms with Gasteiger partial charge in [-0.15, -0.1) is 0 Å². The number of hydrogen-bond donors (Lipinski definition) is 2. The number of pyridine rings is 1. The number of nitrogens with one attached hydrogen (secondary N) is 2. The zero-order chi connectivity index (χ0) is 24.4. The van der Waals surface area contributed by atoms with Gasteiger partial charge in [0, 0.05) is 29.6 Å². The van der Waals surface area contributed by atoms with E-state index in [2.05, 4.69) is 45.1 Å². The smallest absolute Gasteiger partial charge is 0.337 e. The van der Waals surface area contributed by atoms with Gasteiger partial charge < -0.3 is 10.1 Å². The minimum absolute atomic E-state index is 0.134. The quantitative estimate of drug-likeness (QED) is 0.243. The zero-order valence-corrected chi connectivity index (χ0v) is 19.6. The van der Waals surface area contributed by atoms with Crippen LogP contribution in [0.2, 0.25) is 0 Å². The number of aromatic nitrogens is 1. The molecule has 1 aromatic heterocycles. The van der Waals surface area contributed by atoms with E-state index in [0.29, 0.717) is 17.0 Å². The lowest BCUT2D eigenvalue weighted by molar-refractivity contribution is 0.0600. The van der Waals surface area contributed by atoms with Crippen LogP contribution in [0.15, 0.2) is 84.2 Å². The normalized spacial score (nSPS) is 20.4. The molecule has 1 aliphatic heterocycles. The standard InChI is InChI=1S/C28H26N4O3/c1-17(31-32-27(33)19-12-14-29-15-13-19)21-10-11-25-24(16-21)22-4-3-5-23(22)26(30-25)18-6-8-20(9-7-18)28(34)35-2/h3-4,6-16,22-23,26,30H,5H2,1-2H3,(H,32,33)/b31-17-/t22-,23+,26+/m1/s1. The molecule has 3 aromatic rings. The van der Waals surface area contributed by atoms with Crippen molar-refractivity contribution in [3.05, 3.63) is 107 Å². The van der Waals surface area contributed by atoms with Crippen LogP contribution in [0.1, 0.15) is 62.7 Å². The summed E-state index contributed by atoms with van der Waals surface area (Å²) in [7, 11) is 1.39. The predicted octanol–water partition coefficient (Wildman–Crippen LogP) is 4.85. The number of benzene rings is 2. The lowest BCUT2D eigenvalue weighted by Gasteiger charge is -2.37. The lowest BCUT2D eigenvalue weighted by Crippen LogP contribution is -2.29. The molecule has 2 heterocycles. The minimum atomic E-state index is -0.333. The van der Waals surface area contributed by atoms with Crippen molar-refractivity contribution in [2.45, 2.75) is 25.3 Å². The number of anilines is 1. The first kappa shape index (κ1) is 22.5. The Balaban J connectivity index is 1.38. The molecule has 0 saturated heterocycles. The Labute approximate surface area is 203 Å². The van der Waals surface area contributed by atoms with Crippen molar-refractivity contribution in [3.8, 4) is 0 Å². The number of rotatable bonds is 5. The van der Waals surface area contributed by atoms with Gasteiger partial charge in [-0.05, 0) is 72.4 Å². The van der Waals surface area contributed by atoms with E-state index in [1.807, 2.05) is 37.3 Å². The molecule has 35 heavy (non-hydrogen) atoms. The third kappa shape index (κ3) is 4.45. The Morgan fingerprint density at radius 2 is 1.77 bits per heavy atom. The molecule has 7 nitrogen and oxygen atoms in total. The molecule has 0 radical (unpaired) electrons. The first-order valence-corrected chi connectivity index (χ1v) is 11.6. The summed E-state index contributed by atoms with van der Waals surface area (Å²) in [5.74, 6) is 0.0349.